The Kier molecular flexibility index (Phi) is 8.61. The molecule has 1 aliphatic rings. The molecule has 6 nitrogen and oxygen atoms in total. The maximum Gasteiger partial charge on any atom is 0.430 e. The summed E-state index contributed by atoms with van der Waals surface area (Å²) in [6, 6.07) is 15.9. The van der Waals surface area contributed by atoms with Gasteiger partial charge in [0.25, 0.3) is 5.60 Å². The highest BCUT2D eigenvalue weighted by Gasteiger charge is 2.71. The number of anilines is 1. The van der Waals surface area contributed by atoms with Crippen molar-refractivity contribution in [3.63, 3.8) is 0 Å². The maximum atomic E-state index is 13.5. The van der Waals surface area contributed by atoms with Crippen molar-refractivity contribution in [2.75, 3.05) is 31.6 Å². The number of nitrogens with zero attached hydrogens (tertiary/aromatic N) is 2. The quantitative estimate of drug-likeness (QED) is 0.273. The second kappa shape index (κ2) is 11.4. The lowest BCUT2D eigenvalue weighted by atomic mass is 9.92. The van der Waals surface area contributed by atoms with Gasteiger partial charge < -0.3 is 14.7 Å². The van der Waals surface area contributed by atoms with Crippen molar-refractivity contribution in [3.8, 4) is 5.75 Å². The van der Waals surface area contributed by atoms with Crippen LogP contribution < -0.4 is 9.64 Å². The van der Waals surface area contributed by atoms with Crippen LogP contribution in [-0.2, 0) is 22.0 Å². The fraction of sp³-hybridized carbons (Fsp3) is 0.333. The van der Waals surface area contributed by atoms with E-state index in [-0.39, 0.29) is 41.5 Å². The number of aliphatic hydroxyl groups is 1. The average Bonchev–Trinajstić information content (AvgIpc) is 2.92. The number of para-hydroxylation sites is 1. The van der Waals surface area contributed by atoms with Gasteiger partial charge in [-0.1, -0.05) is 42.5 Å². The first-order valence-electron chi connectivity index (χ1n) is 12.2. The molecular weight excluding hydrogens is 594 g/mol. The summed E-state index contributed by atoms with van der Waals surface area (Å²) in [5.41, 5.74) is -5.46. The SMILES string of the molecule is COc1ccccc1C[C@@H]1CN(S(=O)(=O)c2ccccc2S)CCN1c1ccc(C(O)(C(F)(F)F)C(F)(F)F)cc1. The number of alkyl halides is 6. The van der Waals surface area contributed by atoms with E-state index in [4.69, 9.17) is 4.74 Å². The number of sulfonamides is 1. The lowest BCUT2D eigenvalue weighted by Gasteiger charge is -2.42. The van der Waals surface area contributed by atoms with Crippen LogP contribution in [0.3, 0.4) is 0 Å². The van der Waals surface area contributed by atoms with Gasteiger partial charge in [-0.25, -0.2) is 8.42 Å². The fourth-order valence-electron chi connectivity index (χ4n) is 4.88. The first kappa shape index (κ1) is 31.0. The predicted octanol–water partition coefficient (Wildman–Crippen LogP) is 5.42. The van der Waals surface area contributed by atoms with Crippen LogP contribution in [-0.4, -0.2) is 63.0 Å². The average molecular weight is 621 g/mol. The van der Waals surface area contributed by atoms with Gasteiger partial charge in [0.05, 0.1) is 12.0 Å². The van der Waals surface area contributed by atoms with Crippen molar-refractivity contribution < 1.29 is 44.6 Å². The van der Waals surface area contributed by atoms with E-state index in [0.717, 1.165) is 17.7 Å². The molecule has 0 aliphatic carbocycles. The van der Waals surface area contributed by atoms with Crippen molar-refractivity contribution >= 4 is 28.3 Å². The minimum absolute atomic E-state index is 0.00997. The topological polar surface area (TPSA) is 70.1 Å². The highest BCUT2D eigenvalue weighted by atomic mass is 32.2. The maximum absolute atomic E-state index is 13.5. The zero-order chi connectivity index (χ0) is 30.2. The standard InChI is InChI=1S/C27H26F6N2O4S2/c1-39-22-7-3-2-6-18(22)16-21-17-34(41(37,38)24-9-5-4-8-23(24)40)14-15-35(21)20-12-10-19(11-13-20)25(36,26(28,29)30)27(31,32)33/h2-13,21,36,40H,14-17H2,1H3/t21-/m1/s1. The summed E-state index contributed by atoms with van der Waals surface area (Å²) in [7, 11) is -2.51. The van der Waals surface area contributed by atoms with Gasteiger partial charge in [0, 0.05) is 41.8 Å². The largest absolute Gasteiger partial charge is 0.496 e. The van der Waals surface area contributed by atoms with E-state index < -0.39 is 39.6 Å². The normalized spacial score (nSPS) is 17.5. The van der Waals surface area contributed by atoms with E-state index in [2.05, 4.69) is 12.6 Å². The van der Waals surface area contributed by atoms with Crippen molar-refractivity contribution in [2.45, 2.75) is 40.2 Å². The second-order valence-electron chi connectivity index (χ2n) is 9.45. The minimum Gasteiger partial charge on any atom is -0.496 e. The molecule has 0 aromatic heterocycles. The van der Waals surface area contributed by atoms with E-state index in [1.807, 2.05) is 0 Å². The first-order valence-corrected chi connectivity index (χ1v) is 14.1. The van der Waals surface area contributed by atoms with Gasteiger partial charge in [-0.2, -0.15) is 30.6 Å². The predicted molar refractivity (Wildman–Crippen MR) is 143 cm³/mol. The Morgan fingerprint density at radius 1 is 0.902 bits per heavy atom. The number of ether oxygens (including phenoxy) is 1. The van der Waals surface area contributed by atoms with Crippen LogP contribution in [0.2, 0.25) is 0 Å². The van der Waals surface area contributed by atoms with Gasteiger partial charge >= 0.3 is 12.4 Å². The van der Waals surface area contributed by atoms with Crippen molar-refractivity contribution in [2.24, 2.45) is 0 Å². The van der Waals surface area contributed by atoms with Crippen LogP contribution in [0.1, 0.15) is 11.1 Å². The molecule has 1 heterocycles. The zero-order valence-electron chi connectivity index (χ0n) is 21.5. The van der Waals surface area contributed by atoms with Crippen molar-refractivity contribution in [3.05, 3.63) is 83.9 Å². The van der Waals surface area contributed by atoms with Crippen LogP contribution in [0.15, 0.2) is 82.6 Å². The molecule has 1 atom stereocenters. The lowest BCUT2D eigenvalue weighted by Crippen LogP contribution is -2.56. The number of rotatable bonds is 7. The number of thiol groups is 1. The molecule has 3 aromatic rings. The molecule has 4 rings (SSSR count). The van der Waals surface area contributed by atoms with Crippen molar-refractivity contribution in [1.82, 2.24) is 4.31 Å². The van der Waals surface area contributed by atoms with E-state index in [1.54, 1.807) is 47.4 Å². The molecule has 0 bridgehead atoms. The summed E-state index contributed by atoms with van der Waals surface area (Å²) < 4.78 is 114. The molecule has 3 aromatic carbocycles. The van der Waals surface area contributed by atoms with Gasteiger partial charge in [0.1, 0.15) is 5.75 Å². The van der Waals surface area contributed by atoms with Gasteiger partial charge in [-0.05, 0) is 42.3 Å². The van der Waals surface area contributed by atoms with E-state index in [1.165, 1.54) is 17.5 Å². The number of benzene rings is 3. The van der Waals surface area contributed by atoms with Gasteiger partial charge in [-0.3, -0.25) is 0 Å². The Bertz CT molecular complexity index is 1470. The molecule has 1 fully saturated rings. The molecule has 1 aliphatic heterocycles. The van der Waals surface area contributed by atoms with Crippen LogP contribution in [0.25, 0.3) is 0 Å². The smallest absolute Gasteiger partial charge is 0.430 e. The summed E-state index contributed by atoms with van der Waals surface area (Å²) >= 11 is 4.27. The Hall–Kier alpha value is -2.94. The molecule has 1 saturated heterocycles. The lowest BCUT2D eigenvalue weighted by molar-refractivity contribution is -0.376. The molecule has 14 heteroatoms. The highest BCUT2D eigenvalue weighted by molar-refractivity contribution is 7.90. The molecule has 0 spiro atoms. The Labute approximate surface area is 238 Å². The molecule has 222 valence electrons. The van der Waals surface area contributed by atoms with E-state index in [9.17, 15) is 39.9 Å². The first-order chi connectivity index (χ1) is 19.1. The Balaban J connectivity index is 1.71. The van der Waals surface area contributed by atoms with Crippen molar-refractivity contribution in [1.29, 1.82) is 0 Å². The molecule has 41 heavy (non-hydrogen) atoms. The molecular formula is C27H26F6N2O4S2. The highest BCUT2D eigenvalue weighted by Crippen LogP contribution is 2.50. The van der Waals surface area contributed by atoms with Crippen LogP contribution in [0.5, 0.6) is 5.75 Å². The van der Waals surface area contributed by atoms with Crippen LogP contribution in [0, 0.1) is 0 Å². The minimum atomic E-state index is -6.01. The van der Waals surface area contributed by atoms with E-state index >= 15 is 0 Å². The molecule has 0 radical (unpaired) electrons. The third-order valence-electron chi connectivity index (χ3n) is 7.01. The summed E-state index contributed by atoms with van der Waals surface area (Å²) in [5.74, 6) is 0.531. The number of methoxy groups -OCH3 is 1. The number of hydrogen-bond acceptors (Lipinski definition) is 6. The third kappa shape index (κ3) is 5.87. The Morgan fingerprint density at radius 3 is 2.07 bits per heavy atom. The fourth-order valence-corrected chi connectivity index (χ4v) is 6.94. The molecule has 1 N–H and O–H groups in total. The van der Waals surface area contributed by atoms with E-state index in [0.29, 0.717) is 17.9 Å². The summed E-state index contributed by atoms with van der Waals surface area (Å²) in [4.78, 5) is 1.99. The Morgan fingerprint density at radius 2 is 1.49 bits per heavy atom. The monoisotopic (exact) mass is 620 g/mol. The van der Waals surface area contributed by atoms with Gasteiger partial charge in [-0.15, -0.1) is 12.6 Å². The summed E-state index contributed by atoms with van der Waals surface area (Å²) in [6.45, 7) is 0.0267. The number of hydrogen-bond donors (Lipinski definition) is 2. The molecule has 0 amide bonds. The molecule has 0 saturated carbocycles. The van der Waals surface area contributed by atoms with Crippen LogP contribution in [0.4, 0.5) is 32.0 Å². The number of halogens is 6. The summed E-state index contributed by atoms with van der Waals surface area (Å²) in [5, 5.41) is 9.76. The van der Waals surface area contributed by atoms with Crippen LogP contribution >= 0.6 is 12.6 Å². The van der Waals surface area contributed by atoms with Gasteiger partial charge in [0.2, 0.25) is 10.0 Å². The summed E-state index contributed by atoms with van der Waals surface area (Å²) in [6.07, 6.45) is -11.8. The second-order valence-corrected chi connectivity index (χ2v) is 11.8. The molecule has 0 unspecified atom stereocenters. The third-order valence-corrected chi connectivity index (χ3v) is 9.48. The zero-order valence-corrected chi connectivity index (χ0v) is 23.2. The number of piperazine rings is 1. The van der Waals surface area contributed by atoms with Gasteiger partial charge in [0.15, 0.2) is 0 Å².